The van der Waals surface area contributed by atoms with Crippen LogP contribution in [-0.4, -0.2) is 36.6 Å². The average molecular weight is 290 g/mol. The Bertz CT molecular complexity index is 453. The first-order valence-electron chi connectivity index (χ1n) is 7.72. The minimum atomic E-state index is -0.447. The highest BCUT2D eigenvalue weighted by Gasteiger charge is 2.42. The zero-order chi connectivity index (χ0) is 15.3. The second-order valence-corrected chi connectivity index (χ2v) is 6.11. The molecule has 0 spiro atoms. The molecule has 0 aliphatic carbocycles. The van der Waals surface area contributed by atoms with Gasteiger partial charge in [-0.25, -0.2) is 0 Å². The molecule has 116 valence electrons. The molecule has 1 amide bonds. The number of hydrogen-bond donors (Lipinski definition) is 1. The van der Waals surface area contributed by atoms with E-state index < -0.39 is 5.41 Å². The normalized spacial score (nSPS) is 17.7. The molecular weight excluding hydrogens is 264 g/mol. The van der Waals surface area contributed by atoms with Gasteiger partial charge in [0.15, 0.2) is 0 Å². The van der Waals surface area contributed by atoms with Crippen molar-refractivity contribution in [1.29, 1.82) is 0 Å². The summed E-state index contributed by atoms with van der Waals surface area (Å²) in [5.74, 6) is 0.173. The van der Waals surface area contributed by atoms with Gasteiger partial charge >= 0.3 is 0 Å². The van der Waals surface area contributed by atoms with Crippen molar-refractivity contribution in [3.63, 3.8) is 0 Å². The Kier molecular flexibility index (Phi) is 5.37. The van der Waals surface area contributed by atoms with Gasteiger partial charge in [0, 0.05) is 32.3 Å². The highest BCUT2D eigenvalue weighted by Crippen LogP contribution is 2.32. The van der Waals surface area contributed by atoms with Crippen LogP contribution in [0.4, 0.5) is 0 Å². The van der Waals surface area contributed by atoms with Gasteiger partial charge < -0.3 is 15.4 Å². The second-order valence-electron chi connectivity index (χ2n) is 6.11. The van der Waals surface area contributed by atoms with Crippen LogP contribution in [0.2, 0.25) is 0 Å². The van der Waals surface area contributed by atoms with E-state index in [1.807, 2.05) is 23.1 Å². The van der Waals surface area contributed by atoms with Crippen molar-refractivity contribution >= 4 is 5.91 Å². The van der Waals surface area contributed by atoms with E-state index >= 15 is 0 Å². The molecule has 0 atom stereocenters. The fraction of sp³-hybridized carbons (Fsp3) is 0.588. The molecule has 2 N–H and O–H groups in total. The van der Waals surface area contributed by atoms with E-state index in [1.165, 1.54) is 0 Å². The van der Waals surface area contributed by atoms with E-state index in [1.54, 1.807) is 0 Å². The van der Waals surface area contributed by atoms with Gasteiger partial charge in [-0.05, 0) is 32.3 Å². The minimum absolute atomic E-state index is 0.156. The molecular formula is C17H26N2O2. The van der Waals surface area contributed by atoms with Crippen LogP contribution in [0.3, 0.4) is 0 Å². The van der Waals surface area contributed by atoms with Crippen LogP contribution in [0.1, 0.15) is 32.3 Å². The predicted molar refractivity (Wildman–Crippen MR) is 83.7 cm³/mol. The number of hydrogen-bond acceptors (Lipinski definition) is 3. The highest BCUT2D eigenvalue weighted by molar-refractivity contribution is 5.83. The number of benzene rings is 1. The monoisotopic (exact) mass is 290 g/mol. The van der Waals surface area contributed by atoms with Gasteiger partial charge in [0.2, 0.25) is 5.91 Å². The summed E-state index contributed by atoms with van der Waals surface area (Å²) in [6, 6.07) is 10.3. The first kappa shape index (κ1) is 16.0. The fourth-order valence-electron chi connectivity index (χ4n) is 2.84. The molecule has 1 aliphatic rings. The molecule has 1 aromatic rings. The lowest BCUT2D eigenvalue weighted by molar-refractivity contribution is -0.149. The van der Waals surface area contributed by atoms with Gasteiger partial charge in [-0.1, -0.05) is 30.3 Å². The summed E-state index contributed by atoms with van der Waals surface area (Å²) in [6.07, 6.45) is 1.45. The van der Waals surface area contributed by atoms with Gasteiger partial charge in [0.25, 0.3) is 0 Å². The maximum absolute atomic E-state index is 13.1. The van der Waals surface area contributed by atoms with Crippen molar-refractivity contribution in [3.05, 3.63) is 35.9 Å². The minimum Gasteiger partial charge on any atom is -0.381 e. The molecule has 0 saturated carbocycles. The zero-order valence-corrected chi connectivity index (χ0v) is 13.0. The summed E-state index contributed by atoms with van der Waals surface area (Å²) in [7, 11) is 0. The van der Waals surface area contributed by atoms with Crippen molar-refractivity contribution in [2.45, 2.75) is 39.3 Å². The molecule has 1 saturated heterocycles. The van der Waals surface area contributed by atoms with Gasteiger partial charge in [0.1, 0.15) is 0 Å². The lowest BCUT2D eigenvalue weighted by Gasteiger charge is -2.40. The average Bonchev–Trinajstić information content (AvgIpc) is 2.53. The summed E-state index contributed by atoms with van der Waals surface area (Å²) < 4.78 is 5.41. The Morgan fingerprint density at radius 1 is 1.29 bits per heavy atom. The second kappa shape index (κ2) is 7.05. The molecule has 1 heterocycles. The van der Waals surface area contributed by atoms with Crippen LogP contribution in [0, 0.1) is 5.41 Å². The summed E-state index contributed by atoms with van der Waals surface area (Å²) in [5.41, 5.74) is 6.67. The van der Waals surface area contributed by atoms with E-state index in [2.05, 4.69) is 26.0 Å². The maximum atomic E-state index is 13.1. The van der Waals surface area contributed by atoms with E-state index in [9.17, 15) is 4.79 Å². The first-order chi connectivity index (χ1) is 10.1. The standard InChI is InChI=1S/C17H26N2O2/c1-14(2)19(12-15-6-4-3-5-7-15)16(20)17(13-18)8-10-21-11-9-17/h3-7,14H,8-13,18H2,1-2H3. The Balaban J connectivity index is 2.18. The summed E-state index contributed by atoms with van der Waals surface area (Å²) in [4.78, 5) is 15.0. The molecule has 2 rings (SSSR count). The number of nitrogens with zero attached hydrogens (tertiary/aromatic N) is 1. The van der Waals surface area contributed by atoms with Crippen molar-refractivity contribution in [2.24, 2.45) is 11.1 Å². The summed E-state index contributed by atoms with van der Waals surface area (Å²) in [6.45, 7) is 6.41. The van der Waals surface area contributed by atoms with Gasteiger partial charge in [-0.3, -0.25) is 4.79 Å². The number of rotatable bonds is 5. The molecule has 0 radical (unpaired) electrons. The van der Waals surface area contributed by atoms with Crippen LogP contribution < -0.4 is 5.73 Å². The van der Waals surface area contributed by atoms with Crippen LogP contribution >= 0.6 is 0 Å². The number of nitrogens with two attached hydrogens (primary N) is 1. The predicted octanol–water partition coefficient (Wildman–Crippen LogP) is 2.18. The lowest BCUT2D eigenvalue weighted by atomic mass is 9.78. The Labute approximate surface area is 127 Å². The van der Waals surface area contributed by atoms with Crippen LogP contribution in [0.15, 0.2) is 30.3 Å². The number of carbonyl (C=O) groups excluding carboxylic acids is 1. The number of ether oxygens (including phenoxy) is 1. The molecule has 0 unspecified atom stereocenters. The summed E-state index contributed by atoms with van der Waals surface area (Å²) >= 11 is 0. The van der Waals surface area contributed by atoms with Crippen molar-refractivity contribution in [2.75, 3.05) is 19.8 Å². The topological polar surface area (TPSA) is 55.6 Å². The SMILES string of the molecule is CC(C)N(Cc1ccccc1)C(=O)C1(CN)CCOCC1. The van der Waals surface area contributed by atoms with Crippen LogP contribution in [-0.2, 0) is 16.1 Å². The van der Waals surface area contributed by atoms with E-state index in [0.717, 1.165) is 18.4 Å². The summed E-state index contributed by atoms with van der Waals surface area (Å²) in [5, 5.41) is 0. The number of carbonyl (C=O) groups is 1. The Hall–Kier alpha value is -1.39. The van der Waals surface area contributed by atoms with E-state index in [-0.39, 0.29) is 11.9 Å². The molecule has 21 heavy (non-hydrogen) atoms. The van der Waals surface area contributed by atoms with Crippen LogP contribution in [0.5, 0.6) is 0 Å². The van der Waals surface area contributed by atoms with Gasteiger partial charge in [-0.2, -0.15) is 0 Å². The van der Waals surface area contributed by atoms with Gasteiger partial charge in [0.05, 0.1) is 5.41 Å². The van der Waals surface area contributed by atoms with E-state index in [4.69, 9.17) is 10.5 Å². The maximum Gasteiger partial charge on any atom is 0.230 e. The lowest BCUT2D eigenvalue weighted by Crippen LogP contribution is -2.52. The van der Waals surface area contributed by atoms with E-state index in [0.29, 0.717) is 26.3 Å². The fourth-order valence-corrected chi connectivity index (χ4v) is 2.84. The quantitative estimate of drug-likeness (QED) is 0.904. The largest absolute Gasteiger partial charge is 0.381 e. The zero-order valence-electron chi connectivity index (χ0n) is 13.0. The molecule has 1 aliphatic heterocycles. The molecule has 1 aromatic carbocycles. The third kappa shape index (κ3) is 3.63. The first-order valence-corrected chi connectivity index (χ1v) is 7.72. The molecule has 0 aromatic heterocycles. The Morgan fingerprint density at radius 3 is 2.43 bits per heavy atom. The third-order valence-electron chi connectivity index (χ3n) is 4.37. The Morgan fingerprint density at radius 2 is 1.90 bits per heavy atom. The van der Waals surface area contributed by atoms with Crippen molar-refractivity contribution in [1.82, 2.24) is 4.90 Å². The number of amides is 1. The highest BCUT2D eigenvalue weighted by atomic mass is 16.5. The third-order valence-corrected chi connectivity index (χ3v) is 4.37. The molecule has 0 bridgehead atoms. The smallest absolute Gasteiger partial charge is 0.230 e. The van der Waals surface area contributed by atoms with Crippen molar-refractivity contribution < 1.29 is 9.53 Å². The molecule has 1 fully saturated rings. The van der Waals surface area contributed by atoms with Crippen LogP contribution in [0.25, 0.3) is 0 Å². The molecule has 4 heteroatoms. The molecule has 4 nitrogen and oxygen atoms in total. The van der Waals surface area contributed by atoms with Crippen molar-refractivity contribution in [3.8, 4) is 0 Å². The van der Waals surface area contributed by atoms with Gasteiger partial charge in [-0.15, -0.1) is 0 Å².